The molecule has 0 radical (unpaired) electrons. The molecule has 0 bridgehead atoms. The predicted octanol–water partition coefficient (Wildman–Crippen LogP) is 6.50. The zero-order chi connectivity index (χ0) is 27.1. The van der Waals surface area contributed by atoms with E-state index in [-0.39, 0.29) is 29.4 Å². The third-order valence-corrected chi connectivity index (χ3v) is 14.5. The summed E-state index contributed by atoms with van der Waals surface area (Å²) in [6, 6.07) is 7.06. The maximum Gasteiger partial charge on any atom is 0.305 e. The van der Waals surface area contributed by atoms with Gasteiger partial charge in [-0.05, 0) is 69.3 Å². The summed E-state index contributed by atoms with van der Waals surface area (Å²) in [6.07, 6.45) is 3.56. The van der Waals surface area contributed by atoms with E-state index in [4.69, 9.17) is 9.16 Å². The van der Waals surface area contributed by atoms with Crippen molar-refractivity contribution in [1.82, 2.24) is 5.32 Å². The second-order valence-corrected chi connectivity index (χ2v) is 18.8. The maximum absolute atomic E-state index is 13.8. The zero-order valence-corrected chi connectivity index (χ0v) is 26.4. The molecular weight excluding hydrogens is 558 g/mol. The molecule has 1 N–H and O–H groups in total. The lowest BCUT2D eigenvalue weighted by Crippen LogP contribution is -2.47. The number of hydrogen-bond donors (Lipinski definition) is 1. The van der Waals surface area contributed by atoms with Crippen molar-refractivity contribution in [3.8, 4) is 0 Å². The van der Waals surface area contributed by atoms with Crippen molar-refractivity contribution < 1.29 is 22.4 Å². The van der Waals surface area contributed by atoms with Crippen molar-refractivity contribution in [2.75, 3.05) is 19.0 Å². The molecule has 1 aromatic carbocycles. The number of aryl methyl sites for hydroxylation is 1. The van der Waals surface area contributed by atoms with Crippen molar-refractivity contribution in [2.45, 2.75) is 95.3 Å². The van der Waals surface area contributed by atoms with Crippen LogP contribution in [-0.4, -0.2) is 47.8 Å². The average Bonchev–Trinajstić information content (AvgIpc) is 2.82. The molecule has 2 atom stereocenters. The highest BCUT2D eigenvalue weighted by Crippen LogP contribution is 2.38. The average molecular weight is 603 g/mol. The number of nitrogens with one attached hydrogen (secondary N) is 1. The van der Waals surface area contributed by atoms with Crippen LogP contribution in [0.15, 0.2) is 39.8 Å². The maximum atomic E-state index is 13.8. The molecule has 1 aliphatic rings. The first-order chi connectivity index (χ1) is 16.7. The Kier molecular flexibility index (Phi) is 11.3. The minimum Gasteiger partial charge on any atom is -0.469 e. The summed E-state index contributed by atoms with van der Waals surface area (Å²) in [5.41, 5.74) is 1.76. The van der Waals surface area contributed by atoms with Crippen molar-refractivity contribution in [3.63, 3.8) is 0 Å². The Bertz CT molecular complexity index is 1020. The van der Waals surface area contributed by atoms with E-state index in [1.807, 2.05) is 19.1 Å². The van der Waals surface area contributed by atoms with Crippen LogP contribution in [-0.2, 0) is 23.8 Å². The molecule has 0 aliphatic carbocycles. The van der Waals surface area contributed by atoms with Crippen molar-refractivity contribution in [3.05, 3.63) is 40.4 Å². The number of carbonyl (C=O) groups excluding carboxylic acids is 1. The summed E-state index contributed by atoms with van der Waals surface area (Å²) in [4.78, 5) is 12.7. The molecule has 1 heterocycles. The smallest absolute Gasteiger partial charge is 0.305 e. The SMILES string of the molecule is COC(=O)CC[C@@H](CCCBr)C1=C(S(=O)(=O)c2ccc(C)cc2)CC[C@H](CO[Si](C)(C)C(C)(C)C)N1. The van der Waals surface area contributed by atoms with E-state index in [1.54, 1.807) is 12.1 Å². The molecule has 1 aromatic rings. The molecule has 0 fully saturated rings. The normalized spacial score (nSPS) is 18.1. The summed E-state index contributed by atoms with van der Waals surface area (Å²) in [5, 5.41) is 4.50. The van der Waals surface area contributed by atoms with E-state index >= 15 is 0 Å². The number of alkyl halides is 1. The fourth-order valence-electron chi connectivity index (χ4n) is 4.10. The van der Waals surface area contributed by atoms with Crippen LogP contribution in [0.25, 0.3) is 0 Å². The molecule has 0 aromatic heterocycles. The first-order valence-electron chi connectivity index (χ1n) is 12.8. The lowest BCUT2D eigenvalue weighted by molar-refractivity contribution is -0.140. The third kappa shape index (κ3) is 8.17. The second-order valence-electron chi connectivity index (χ2n) is 11.2. The van der Waals surface area contributed by atoms with Gasteiger partial charge >= 0.3 is 5.97 Å². The Morgan fingerprint density at radius 2 is 1.83 bits per heavy atom. The van der Waals surface area contributed by atoms with Crippen LogP contribution in [0.2, 0.25) is 18.1 Å². The quantitative estimate of drug-likeness (QED) is 0.167. The van der Waals surface area contributed by atoms with Gasteiger partial charge in [0.15, 0.2) is 8.32 Å². The van der Waals surface area contributed by atoms with Gasteiger partial charge in [0.25, 0.3) is 0 Å². The number of esters is 1. The van der Waals surface area contributed by atoms with Crippen molar-refractivity contribution >= 4 is 40.1 Å². The monoisotopic (exact) mass is 601 g/mol. The number of carbonyl (C=O) groups is 1. The van der Waals surface area contributed by atoms with E-state index in [2.05, 4.69) is 55.1 Å². The van der Waals surface area contributed by atoms with Gasteiger partial charge < -0.3 is 14.5 Å². The van der Waals surface area contributed by atoms with Gasteiger partial charge in [0, 0.05) is 29.4 Å². The number of sulfone groups is 1. The fraction of sp³-hybridized carbons (Fsp3) is 0.667. The molecule has 0 saturated carbocycles. The number of allylic oxidation sites excluding steroid dienone is 2. The van der Waals surface area contributed by atoms with E-state index in [0.29, 0.717) is 35.7 Å². The molecule has 36 heavy (non-hydrogen) atoms. The number of methoxy groups -OCH3 is 1. The first-order valence-corrected chi connectivity index (χ1v) is 18.3. The Balaban J connectivity index is 2.45. The fourth-order valence-corrected chi connectivity index (χ4v) is 7.15. The molecule has 0 amide bonds. The Hall–Kier alpha value is -1.16. The van der Waals surface area contributed by atoms with Gasteiger partial charge in [-0.1, -0.05) is 54.4 Å². The number of rotatable bonds is 12. The lowest BCUT2D eigenvalue weighted by atomic mass is 9.90. The second kappa shape index (κ2) is 13.1. The summed E-state index contributed by atoms with van der Waals surface area (Å²) >= 11 is 3.51. The van der Waals surface area contributed by atoms with Gasteiger partial charge in [-0.3, -0.25) is 4.79 Å². The molecule has 204 valence electrons. The summed E-state index contributed by atoms with van der Waals surface area (Å²) in [5.74, 6) is -0.372. The Labute approximate surface area is 227 Å². The number of hydrogen-bond acceptors (Lipinski definition) is 6. The van der Waals surface area contributed by atoms with Crippen LogP contribution < -0.4 is 5.32 Å². The number of benzene rings is 1. The van der Waals surface area contributed by atoms with Gasteiger partial charge in [-0.15, -0.1) is 0 Å². The Morgan fingerprint density at radius 3 is 2.39 bits per heavy atom. The Morgan fingerprint density at radius 1 is 1.19 bits per heavy atom. The molecule has 1 aliphatic heterocycles. The van der Waals surface area contributed by atoms with E-state index in [0.717, 1.165) is 29.4 Å². The van der Waals surface area contributed by atoms with Crippen molar-refractivity contribution in [1.29, 1.82) is 0 Å². The van der Waals surface area contributed by atoms with Crippen LogP contribution in [0.1, 0.15) is 64.9 Å². The third-order valence-electron chi connectivity index (χ3n) is 7.51. The van der Waals surface area contributed by atoms with Gasteiger partial charge in [0.1, 0.15) is 0 Å². The standard InChI is InChI=1S/C27H44BrNO5SSi/c1-20-10-14-23(15-11-20)35(31,32)24-16-13-22(19-34-36(6,7)27(2,3)4)29-26(24)21(9-8-18-28)12-17-25(30)33-5/h10-11,14-15,21-22,29H,8-9,12-13,16-19H2,1-7H3/t21-,22-/m1/s1. The van der Waals surface area contributed by atoms with Crippen LogP contribution in [0, 0.1) is 12.8 Å². The predicted molar refractivity (Wildman–Crippen MR) is 152 cm³/mol. The summed E-state index contributed by atoms with van der Waals surface area (Å²) < 4.78 is 39.0. The van der Waals surface area contributed by atoms with Gasteiger partial charge in [-0.25, -0.2) is 8.42 Å². The van der Waals surface area contributed by atoms with E-state index in [1.165, 1.54) is 7.11 Å². The number of ether oxygens (including phenoxy) is 1. The summed E-state index contributed by atoms with van der Waals surface area (Å²) in [7, 11) is -4.24. The summed E-state index contributed by atoms with van der Waals surface area (Å²) in [6.45, 7) is 13.6. The van der Waals surface area contributed by atoms with E-state index in [9.17, 15) is 13.2 Å². The van der Waals surface area contributed by atoms with Gasteiger partial charge in [-0.2, -0.15) is 0 Å². The molecule has 0 spiro atoms. The van der Waals surface area contributed by atoms with E-state index < -0.39 is 18.2 Å². The van der Waals surface area contributed by atoms with Crippen LogP contribution in [0.5, 0.6) is 0 Å². The molecule has 6 nitrogen and oxygen atoms in total. The molecule has 0 unspecified atom stereocenters. The minimum atomic E-state index is -3.68. The van der Waals surface area contributed by atoms with Gasteiger partial charge in [0.2, 0.25) is 9.84 Å². The van der Waals surface area contributed by atoms with Crippen LogP contribution in [0.3, 0.4) is 0 Å². The highest BCUT2D eigenvalue weighted by Gasteiger charge is 2.39. The largest absolute Gasteiger partial charge is 0.469 e. The molecule has 0 saturated heterocycles. The topological polar surface area (TPSA) is 81.7 Å². The highest BCUT2D eigenvalue weighted by atomic mass is 79.9. The molecule has 9 heteroatoms. The van der Waals surface area contributed by atoms with Crippen LogP contribution >= 0.6 is 15.9 Å². The molecular formula is C27H44BrNO5SSi. The van der Waals surface area contributed by atoms with Gasteiger partial charge in [0.05, 0.1) is 23.5 Å². The zero-order valence-electron chi connectivity index (χ0n) is 22.9. The lowest BCUT2D eigenvalue weighted by Gasteiger charge is -2.39. The minimum absolute atomic E-state index is 0.0238. The highest BCUT2D eigenvalue weighted by molar-refractivity contribution is 9.09. The molecule has 2 rings (SSSR count). The number of halogens is 1. The first kappa shape index (κ1) is 31.1. The van der Waals surface area contributed by atoms with Crippen molar-refractivity contribution in [2.24, 2.45) is 5.92 Å². The van der Waals surface area contributed by atoms with Crippen LogP contribution in [0.4, 0.5) is 0 Å².